The number of nitrogens with one attached hydrogen (secondary N) is 1. The molecule has 0 saturated carbocycles. The molecule has 0 aromatic carbocycles. The summed E-state index contributed by atoms with van der Waals surface area (Å²) in [6.45, 7) is 16.2. The van der Waals surface area contributed by atoms with Crippen molar-refractivity contribution in [3.63, 3.8) is 0 Å². The number of hydrogen-bond acceptors (Lipinski definition) is 12. The minimum Gasteiger partial charge on any atom is -0.460 e. The first-order chi connectivity index (χ1) is 19.5. The Morgan fingerprint density at radius 2 is 0.875 bits per heavy atom. The Morgan fingerprint density at radius 3 is 1.23 bits per heavy atom. The van der Waals surface area contributed by atoms with Crippen molar-refractivity contribution in [1.82, 2.24) is 5.32 Å². The van der Waals surface area contributed by atoms with E-state index in [9.17, 15) is 4.79 Å². The number of hydrogen-bond donors (Lipinski definition) is 1. The van der Waals surface area contributed by atoms with Crippen LogP contribution in [-0.2, 0) is 52.2 Å². The van der Waals surface area contributed by atoms with E-state index in [0.717, 1.165) is 25.9 Å². The molecule has 0 aromatic heterocycles. The zero-order valence-corrected chi connectivity index (χ0v) is 25.1. The molecule has 40 heavy (non-hydrogen) atoms. The molecule has 0 bridgehead atoms. The lowest BCUT2D eigenvalue weighted by molar-refractivity contribution is -0.156. The van der Waals surface area contributed by atoms with E-state index in [1.165, 1.54) is 0 Å². The standard InChI is InChI=1S/C28H55NO11/c1-28(2,3)40-27(30)6-9-31-10-11-32-12-13-33-14-15-34-16-17-35-18-19-36-20-21-37-22-23-38-24-25-39-26-4-7-29-8-5-26/h26,29H,4-25H2,1-3H3. The molecule has 1 N–H and O–H groups in total. The Labute approximate surface area is 240 Å². The zero-order chi connectivity index (χ0) is 29.0. The maximum atomic E-state index is 11.5. The smallest absolute Gasteiger partial charge is 0.308 e. The van der Waals surface area contributed by atoms with Gasteiger partial charge in [0.05, 0.1) is 125 Å². The zero-order valence-electron chi connectivity index (χ0n) is 25.1. The summed E-state index contributed by atoms with van der Waals surface area (Å²) in [6, 6.07) is 0. The van der Waals surface area contributed by atoms with Crippen LogP contribution in [0, 0.1) is 0 Å². The predicted molar refractivity (Wildman–Crippen MR) is 149 cm³/mol. The molecule has 1 heterocycles. The van der Waals surface area contributed by atoms with E-state index in [1.54, 1.807) is 0 Å². The molecule has 1 aliphatic rings. The molecule has 0 aliphatic carbocycles. The summed E-state index contributed by atoms with van der Waals surface area (Å²) < 4.78 is 54.6. The minimum absolute atomic E-state index is 0.238. The maximum Gasteiger partial charge on any atom is 0.308 e. The van der Waals surface area contributed by atoms with Crippen LogP contribution in [0.15, 0.2) is 0 Å². The number of carbonyl (C=O) groups is 1. The van der Waals surface area contributed by atoms with Crippen LogP contribution in [0.4, 0.5) is 0 Å². The van der Waals surface area contributed by atoms with Gasteiger partial charge in [-0.25, -0.2) is 0 Å². The number of carbonyl (C=O) groups excluding carboxylic acids is 1. The highest BCUT2D eigenvalue weighted by molar-refractivity contribution is 5.69. The van der Waals surface area contributed by atoms with Gasteiger partial charge in [0, 0.05) is 0 Å². The average molecular weight is 582 g/mol. The number of piperidine rings is 1. The van der Waals surface area contributed by atoms with Crippen LogP contribution in [0.5, 0.6) is 0 Å². The molecular weight excluding hydrogens is 526 g/mol. The molecule has 1 saturated heterocycles. The van der Waals surface area contributed by atoms with Crippen molar-refractivity contribution >= 4 is 5.97 Å². The van der Waals surface area contributed by atoms with Gasteiger partial charge in [0.15, 0.2) is 0 Å². The van der Waals surface area contributed by atoms with Crippen LogP contribution in [-0.4, -0.2) is 143 Å². The van der Waals surface area contributed by atoms with Gasteiger partial charge in [-0.2, -0.15) is 0 Å². The monoisotopic (exact) mass is 581 g/mol. The number of ether oxygens (including phenoxy) is 10. The van der Waals surface area contributed by atoms with Crippen molar-refractivity contribution in [2.24, 2.45) is 0 Å². The quantitative estimate of drug-likeness (QED) is 0.107. The molecular formula is C28H55NO11. The lowest BCUT2D eigenvalue weighted by atomic mass is 10.1. The van der Waals surface area contributed by atoms with Crippen molar-refractivity contribution < 1.29 is 52.2 Å². The molecule has 1 rings (SSSR count). The normalized spacial score (nSPS) is 14.6. The van der Waals surface area contributed by atoms with E-state index in [-0.39, 0.29) is 12.4 Å². The third kappa shape index (κ3) is 27.3. The van der Waals surface area contributed by atoms with Crippen molar-refractivity contribution in [1.29, 1.82) is 0 Å². The Morgan fingerprint density at radius 1 is 0.550 bits per heavy atom. The summed E-state index contributed by atoms with van der Waals surface area (Å²) in [6.07, 6.45) is 2.77. The third-order valence-electron chi connectivity index (χ3n) is 5.34. The predicted octanol–water partition coefficient (Wildman–Crippen LogP) is 1.62. The molecule has 0 atom stereocenters. The van der Waals surface area contributed by atoms with Crippen LogP contribution in [0.25, 0.3) is 0 Å². The van der Waals surface area contributed by atoms with Crippen molar-refractivity contribution in [3.8, 4) is 0 Å². The van der Waals surface area contributed by atoms with Crippen molar-refractivity contribution in [2.75, 3.05) is 125 Å². The summed E-state index contributed by atoms with van der Waals surface area (Å²) in [5.41, 5.74) is -0.468. The van der Waals surface area contributed by atoms with Gasteiger partial charge < -0.3 is 52.7 Å². The van der Waals surface area contributed by atoms with Crippen LogP contribution in [0.3, 0.4) is 0 Å². The van der Waals surface area contributed by atoms with Gasteiger partial charge in [-0.1, -0.05) is 0 Å². The van der Waals surface area contributed by atoms with Gasteiger partial charge in [0.2, 0.25) is 0 Å². The first kappa shape index (κ1) is 37.1. The summed E-state index contributed by atoms with van der Waals surface area (Å²) in [5.74, 6) is -0.260. The molecule has 12 nitrogen and oxygen atoms in total. The highest BCUT2D eigenvalue weighted by atomic mass is 16.6. The van der Waals surface area contributed by atoms with Crippen LogP contribution in [0.2, 0.25) is 0 Å². The fourth-order valence-corrected chi connectivity index (χ4v) is 3.43. The van der Waals surface area contributed by atoms with Gasteiger partial charge in [0.25, 0.3) is 0 Å². The average Bonchev–Trinajstić information content (AvgIpc) is 2.92. The lowest BCUT2D eigenvalue weighted by Crippen LogP contribution is -2.33. The molecule has 0 radical (unpaired) electrons. The van der Waals surface area contributed by atoms with Crippen LogP contribution in [0.1, 0.15) is 40.0 Å². The molecule has 1 aliphatic heterocycles. The van der Waals surface area contributed by atoms with E-state index in [1.807, 2.05) is 20.8 Å². The second-order valence-corrected chi connectivity index (χ2v) is 10.1. The van der Waals surface area contributed by atoms with E-state index in [4.69, 9.17) is 47.4 Å². The Balaban J connectivity index is 1.64. The van der Waals surface area contributed by atoms with E-state index in [2.05, 4.69) is 5.32 Å². The summed E-state index contributed by atoms with van der Waals surface area (Å²) >= 11 is 0. The molecule has 12 heteroatoms. The topological polar surface area (TPSA) is 121 Å². The second-order valence-electron chi connectivity index (χ2n) is 10.1. The fourth-order valence-electron chi connectivity index (χ4n) is 3.43. The van der Waals surface area contributed by atoms with Gasteiger partial charge >= 0.3 is 5.97 Å². The second kappa shape index (κ2) is 26.9. The minimum atomic E-state index is -0.468. The fraction of sp³-hybridized carbons (Fsp3) is 0.964. The molecule has 1 fully saturated rings. The van der Waals surface area contributed by atoms with Crippen molar-refractivity contribution in [3.05, 3.63) is 0 Å². The summed E-state index contributed by atoms with van der Waals surface area (Å²) in [7, 11) is 0. The SMILES string of the molecule is CC(C)(C)OC(=O)CCOCCOCCOCCOCCOCCOCCOCCOCCOC1CCNCC1. The maximum absolute atomic E-state index is 11.5. The molecule has 0 aromatic rings. The van der Waals surface area contributed by atoms with Gasteiger partial charge in [-0.15, -0.1) is 0 Å². The first-order valence-corrected chi connectivity index (χ1v) is 14.6. The molecule has 0 spiro atoms. The molecule has 0 amide bonds. The molecule has 238 valence electrons. The van der Waals surface area contributed by atoms with E-state index >= 15 is 0 Å². The van der Waals surface area contributed by atoms with Gasteiger partial charge in [-0.05, 0) is 46.7 Å². The largest absolute Gasteiger partial charge is 0.460 e. The summed E-state index contributed by atoms with van der Waals surface area (Å²) in [4.78, 5) is 11.5. The Bertz CT molecular complexity index is 557. The summed E-state index contributed by atoms with van der Waals surface area (Å²) in [5, 5.41) is 3.32. The van der Waals surface area contributed by atoms with Crippen molar-refractivity contribution in [2.45, 2.75) is 51.7 Å². The molecule has 0 unspecified atom stereocenters. The first-order valence-electron chi connectivity index (χ1n) is 14.6. The third-order valence-corrected chi connectivity index (χ3v) is 5.34. The number of rotatable bonds is 28. The van der Waals surface area contributed by atoms with E-state index in [0.29, 0.717) is 118 Å². The van der Waals surface area contributed by atoms with E-state index < -0.39 is 5.60 Å². The number of esters is 1. The van der Waals surface area contributed by atoms with Crippen LogP contribution < -0.4 is 5.32 Å². The van der Waals surface area contributed by atoms with Gasteiger partial charge in [-0.3, -0.25) is 4.79 Å². The Hall–Kier alpha value is -0.930. The lowest BCUT2D eigenvalue weighted by Gasteiger charge is -2.22. The van der Waals surface area contributed by atoms with Gasteiger partial charge in [0.1, 0.15) is 5.60 Å². The van der Waals surface area contributed by atoms with Crippen LogP contribution >= 0.6 is 0 Å². The Kier molecular flexibility index (Phi) is 25.0. The highest BCUT2D eigenvalue weighted by Gasteiger charge is 2.15. The highest BCUT2D eigenvalue weighted by Crippen LogP contribution is 2.08.